The summed E-state index contributed by atoms with van der Waals surface area (Å²) >= 11 is 0. The van der Waals surface area contributed by atoms with E-state index in [4.69, 9.17) is 5.11 Å². The second kappa shape index (κ2) is 7.10. The largest absolute Gasteiger partial charge is 0.396 e. The lowest BCUT2D eigenvalue weighted by Crippen LogP contribution is -2.38. The van der Waals surface area contributed by atoms with Gasteiger partial charge in [0.15, 0.2) is 0 Å². The normalized spacial score (nSPS) is 26.4. The number of amides is 1. The Morgan fingerprint density at radius 3 is 2.67 bits per heavy atom. The number of carbonyl (C=O) groups excluding carboxylic acids is 1. The summed E-state index contributed by atoms with van der Waals surface area (Å²) in [4.78, 5) is 14.1. The number of hydrogen-bond acceptors (Lipinski definition) is 3. The molecule has 0 spiro atoms. The van der Waals surface area contributed by atoms with Gasteiger partial charge in [-0.1, -0.05) is 19.3 Å². The van der Waals surface area contributed by atoms with Crippen molar-refractivity contribution < 1.29 is 9.90 Å². The highest BCUT2D eigenvalue weighted by molar-refractivity contribution is 5.76. The van der Waals surface area contributed by atoms with Crippen LogP contribution in [-0.2, 0) is 4.79 Å². The molecule has 1 saturated heterocycles. The Labute approximate surface area is 110 Å². The van der Waals surface area contributed by atoms with Gasteiger partial charge in [0.2, 0.25) is 5.91 Å². The molecule has 0 aromatic carbocycles. The average molecular weight is 254 g/mol. The van der Waals surface area contributed by atoms with E-state index in [1.54, 1.807) is 0 Å². The molecule has 2 rings (SSSR count). The molecule has 1 aliphatic carbocycles. The van der Waals surface area contributed by atoms with Crippen molar-refractivity contribution in [2.45, 2.75) is 51.0 Å². The van der Waals surface area contributed by atoms with Crippen LogP contribution in [0.2, 0.25) is 0 Å². The maximum absolute atomic E-state index is 11.8. The van der Waals surface area contributed by atoms with Crippen LogP contribution in [0, 0.1) is 5.92 Å². The Bertz CT molecular complexity index is 265. The molecule has 1 heterocycles. The van der Waals surface area contributed by atoms with Gasteiger partial charge in [-0.3, -0.25) is 4.79 Å². The number of likely N-dealkylation sites (tertiary alicyclic amines) is 1. The van der Waals surface area contributed by atoms with Crippen molar-refractivity contribution in [2.75, 3.05) is 26.2 Å². The minimum absolute atomic E-state index is 0.203. The van der Waals surface area contributed by atoms with E-state index in [1.807, 2.05) is 0 Å². The maximum atomic E-state index is 11.8. The summed E-state index contributed by atoms with van der Waals surface area (Å²) in [6.45, 7) is 3.11. The van der Waals surface area contributed by atoms with E-state index in [0.717, 1.165) is 38.9 Å². The summed E-state index contributed by atoms with van der Waals surface area (Å²) in [5.41, 5.74) is 0. The standard InChI is InChI=1S/C14H26N2O2/c17-11-12-6-8-16(10-12)9-7-14(18)15-13-4-2-1-3-5-13/h12-13,17H,1-11H2,(H,15,18). The second-order valence-electron chi connectivity index (χ2n) is 5.79. The monoisotopic (exact) mass is 254 g/mol. The van der Waals surface area contributed by atoms with Crippen LogP contribution in [0.25, 0.3) is 0 Å². The van der Waals surface area contributed by atoms with Crippen molar-refractivity contribution in [3.63, 3.8) is 0 Å². The number of hydrogen-bond donors (Lipinski definition) is 2. The average Bonchev–Trinajstić information content (AvgIpc) is 2.85. The predicted molar refractivity (Wildman–Crippen MR) is 71.3 cm³/mol. The molecule has 4 heteroatoms. The van der Waals surface area contributed by atoms with E-state index in [0.29, 0.717) is 18.4 Å². The number of nitrogens with one attached hydrogen (secondary N) is 1. The number of aliphatic hydroxyl groups excluding tert-OH is 1. The lowest BCUT2D eigenvalue weighted by atomic mass is 9.95. The Balaban J connectivity index is 1.59. The van der Waals surface area contributed by atoms with Crippen molar-refractivity contribution in [1.29, 1.82) is 0 Å². The van der Waals surface area contributed by atoms with Gasteiger partial charge in [0.05, 0.1) is 0 Å². The van der Waals surface area contributed by atoms with Crippen LogP contribution < -0.4 is 5.32 Å². The minimum Gasteiger partial charge on any atom is -0.396 e. The van der Waals surface area contributed by atoms with Crippen molar-refractivity contribution in [1.82, 2.24) is 10.2 Å². The van der Waals surface area contributed by atoms with Gasteiger partial charge in [0.1, 0.15) is 0 Å². The van der Waals surface area contributed by atoms with Gasteiger partial charge in [-0.05, 0) is 31.7 Å². The first-order chi connectivity index (χ1) is 8.78. The summed E-state index contributed by atoms with van der Waals surface area (Å²) in [6.07, 6.45) is 7.83. The van der Waals surface area contributed by atoms with E-state index in [9.17, 15) is 4.79 Å². The molecule has 1 atom stereocenters. The van der Waals surface area contributed by atoms with Crippen LogP contribution in [0.5, 0.6) is 0 Å². The third-order valence-corrected chi connectivity index (χ3v) is 4.25. The SMILES string of the molecule is O=C(CCN1CCC(CO)C1)NC1CCCCC1. The molecule has 1 aliphatic heterocycles. The molecule has 0 bridgehead atoms. The molecule has 104 valence electrons. The fourth-order valence-electron chi connectivity index (χ4n) is 3.07. The van der Waals surface area contributed by atoms with Crippen molar-refractivity contribution in [3.8, 4) is 0 Å². The molecule has 1 unspecified atom stereocenters. The first kappa shape index (κ1) is 13.8. The lowest BCUT2D eigenvalue weighted by Gasteiger charge is -2.23. The van der Waals surface area contributed by atoms with Gasteiger partial charge < -0.3 is 15.3 Å². The fourth-order valence-corrected chi connectivity index (χ4v) is 3.07. The van der Waals surface area contributed by atoms with Crippen LogP contribution in [0.15, 0.2) is 0 Å². The Morgan fingerprint density at radius 2 is 2.00 bits per heavy atom. The number of rotatable bonds is 5. The summed E-state index contributed by atoms with van der Waals surface area (Å²) in [7, 11) is 0. The molecule has 2 aliphatic rings. The fraction of sp³-hybridized carbons (Fsp3) is 0.929. The van der Waals surface area contributed by atoms with Crippen LogP contribution in [0.3, 0.4) is 0 Å². The molecule has 2 N–H and O–H groups in total. The van der Waals surface area contributed by atoms with Crippen LogP contribution in [-0.4, -0.2) is 48.2 Å². The van der Waals surface area contributed by atoms with E-state index >= 15 is 0 Å². The zero-order chi connectivity index (χ0) is 12.8. The van der Waals surface area contributed by atoms with Gasteiger partial charge in [-0.25, -0.2) is 0 Å². The number of carbonyl (C=O) groups is 1. The topological polar surface area (TPSA) is 52.6 Å². The summed E-state index contributed by atoms with van der Waals surface area (Å²) < 4.78 is 0. The predicted octanol–water partition coefficient (Wildman–Crippen LogP) is 1.14. The Hall–Kier alpha value is -0.610. The van der Waals surface area contributed by atoms with Gasteiger partial charge in [0.25, 0.3) is 0 Å². The third kappa shape index (κ3) is 4.25. The summed E-state index contributed by atoms with van der Waals surface area (Å²) in [5, 5.41) is 12.2. The summed E-state index contributed by atoms with van der Waals surface area (Å²) in [5.74, 6) is 0.626. The highest BCUT2D eigenvalue weighted by Crippen LogP contribution is 2.18. The first-order valence-electron chi connectivity index (χ1n) is 7.40. The number of nitrogens with zero attached hydrogens (tertiary/aromatic N) is 1. The Morgan fingerprint density at radius 1 is 1.22 bits per heavy atom. The third-order valence-electron chi connectivity index (χ3n) is 4.25. The van der Waals surface area contributed by atoms with Crippen LogP contribution in [0.1, 0.15) is 44.9 Å². The number of aliphatic hydroxyl groups is 1. The van der Waals surface area contributed by atoms with E-state index < -0.39 is 0 Å². The smallest absolute Gasteiger partial charge is 0.221 e. The van der Waals surface area contributed by atoms with Gasteiger partial charge in [-0.15, -0.1) is 0 Å². The minimum atomic E-state index is 0.203. The van der Waals surface area contributed by atoms with Gasteiger partial charge in [0, 0.05) is 32.2 Å². The molecule has 0 aromatic heterocycles. The molecule has 2 fully saturated rings. The molecule has 1 amide bonds. The van der Waals surface area contributed by atoms with Crippen LogP contribution in [0.4, 0.5) is 0 Å². The second-order valence-corrected chi connectivity index (χ2v) is 5.79. The molecule has 0 radical (unpaired) electrons. The van der Waals surface area contributed by atoms with E-state index in [1.165, 1.54) is 19.3 Å². The molecule has 0 aromatic rings. The van der Waals surface area contributed by atoms with Crippen molar-refractivity contribution in [3.05, 3.63) is 0 Å². The first-order valence-corrected chi connectivity index (χ1v) is 7.40. The lowest BCUT2D eigenvalue weighted by molar-refractivity contribution is -0.122. The molecule has 18 heavy (non-hydrogen) atoms. The highest BCUT2D eigenvalue weighted by Gasteiger charge is 2.22. The summed E-state index contributed by atoms with van der Waals surface area (Å²) in [6, 6.07) is 0.426. The van der Waals surface area contributed by atoms with E-state index in [-0.39, 0.29) is 12.5 Å². The molecule has 1 saturated carbocycles. The zero-order valence-electron chi connectivity index (χ0n) is 11.2. The Kier molecular flexibility index (Phi) is 5.45. The highest BCUT2D eigenvalue weighted by atomic mass is 16.3. The van der Waals surface area contributed by atoms with E-state index in [2.05, 4.69) is 10.2 Å². The van der Waals surface area contributed by atoms with Gasteiger partial charge in [-0.2, -0.15) is 0 Å². The van der Waals surface area contributed by atoms with Crippen molar-refractivity contribution in [2.24, 2.45) is 5.92 Å². The maximum Gasteiger partial charge on any atom is 0.221 e. The molecular weight excluding hydrogens is 228 g/mol. The zero-order valence-corrected chi connectivity index (χ0v) is 11.2. The van der Waals surface area contributed by atoms with Crippen molar-refractivity contribution >= 4 is 5.91 Å². The molecular formula is C14H26N2O2. The van der Waals surface area contributed by atoms with Crippen LogP contribution >= 0.6 is 0 Å². The molecule has 4 nitrogen and oxygen atoms in total. The quantitative estimate of drug-likeness (QED) is 0.773. The van der Waals surface area contributed by atoms with Gasteiger partial charge >= 0.3 is 0 Å².